The molecule has 0 aliphatic carbocycles. The van der Waals surface area contributed by atoms with E-state index >= 15 is 0 Å². The van der Waals surface area contributed by atoms with Gasteiger partial charge in [-0.25, -0.2) is 4.98 Å². The Bertz CT molecular complexity index is 2910. The normalized spacial score (nSPS) is 11.8. The van der Waals surface area contributed by atoms with Gasteiger partial charge < -0.3 is 4.57 Å². The Morgan fingerprint density at radius 1 is 0.481 bits per heavy atom. The van der Waals surface area contributed by atoms with Gasteiger partial charge in [0.2, 0.25) is 6.20 Å². The predicted molar refractivity (Wildman–Crippen MR) is 217 cm³/mol. The van der Waals surface area contributed by atoms with Crippen LogP contribution in [0.1, 0.15) is 5.82 Å². The van der Waals surface area contributed by atoms with Gasteiger partial charge in [-0.2, -0.15) is 4.68 Å². The van der Waals surface area contributed by atoms with E-state index in [1.807, 2.05) is 0 Å². The minimum absolute atomic E-state index is 1.01. The van der Waals surface area contributed by atoms with Gasteiger partial charge in [-0.05, 0) is 126 Å². The van der Waals surface area contributed by atoms with Gasteiger partial charge in [0.25, 0.3) is 0 Å². The van der Waals surface area contributed by atoms with E-state index in [0.717, 1.165) is 16.9 Å². The lowest BCUT2D eigenvalue weighted by Crippen LogP contribution is -2.35. The second kappa shape index (κ2) is 11.5. The maximum Gasteiger partial charge on any atom is 0.203 e. The SMILES string of the molecule is Cc1nc2ccc(-c3cccc4c(-c5cc6ccccc6cc5-c5ccccc5)c5cccc(-c6ccc7c[n+](C)n(C)c7c6)c5cc34)cc2n1C. The number of aryl methyl sites for hydroxylation is 4. The third-order valence-corrected chi connectivity index (χ3v) is 11.2. The maximum absolute atomic E-state index is 4.80. The Morgan fingerprint density at radius 3 is 1.79 bits per heavy atom. The topological polar surface area (TPSA) is 26.6 Å². The molecule has 0 bridgehead atoms. The molecule has 52 heavy (non-hydrogen) atoms. The van der Waals surface area contributed by atoms with E-state index in [9.17, 15) is 0 Å². The van der Waals surface area contributed by atoms with Crippen LogP contribution in [0.3, 0.4) is 0 Å². The number of imidazole rings is 1. The Balaban J connectivity index is 1.35. The maximum atomic E-state index is 4.80. The molecule has 10 rings (SSSR count). The van der Waals surface area contributed by atoms with E-state index in [0.29, 0.717) is 0 Å². The number of fused-ring (bicyclic) bond motifs is 5. The Morgan fingerprint density at radius 2 is 1.10 bits per heavy atom. The zero-order valence-corrected chi connectivity index (χ0v) is 29.7. The van der Waals surface area contributed by atoms with Crippen molar-refractivity contribution < 1.29 is 4.68 Å². The number of hydrogen-bond donors (Lipinski definition) is 0. The summed E-state index contributed by atoms with van der Waals surface area (Å²) in [4.78, 5) is 4.80. The molecule has 0 atom stereocenters. The minimum atomic E-state index is 1.01. The Labute approximate surface area is 302 Å². The van der Waals surface area contributed by atoms with Crippen molar-refractivity contribution in [3.8, 4) is 44.5 Å². The molecule has 0 radical (unpaired) electrons. The van der Waals surface area contributed by atoms with Crippen LogP contribution in [0.4, 0.5) is 0 Å². The van der Waals surface area contributed by atoms with E-state index in [1.54, 1.807) is 0 Å². The van der Waals surface area contributed by atoms with Crippen LogP contribution in [0.25, 0.3) is 98.8 Å². The van der Waals surface area contributed by atoms with Crippen molar-refractivity contribution in [3.05, 3.63) is 158 Å². The molecule has 0 spiro atoms. The van der Waals surface area contributed by atoms with Gasteiger partial charge in [-0.3, -0.25) is 0 Å². The predicted octanol–water partition coefficient (Wildman–Crippen LogP) is 11.3. The first-order valence-corrected chi connectivity index (χ1v) is 17.9. The van der Waals surface area contributed by atoms with E-state index in [4.69, 9.17) is 4.98 Å². The van der Waals surface area contributed by atoms with Crippen molar-refractivity contribution >= 4 is 54.3 Å². The molecule has 4 nitrogen and oxygen atoms in total. The highest BCUT2D eigenvalue weighted by Crippen LogP contribution is 2.47. The fourth-order valence-electron chi connectivity index (χ4n) is 8.30. The average Bonchev–Trinajstić information content (AvgIpc) is 3.64. The Kier molecular flexibility index (Phi) is 6.71. The zero-order valence-electron chi connectivity index (χ0n) is 29.7. The smallest absolute Gasteiger partial charge is 0.203 e. The first-order valence-electron chi connectivity index (χ1n) is 17.9. The van der Waals surface area contributed by atoms with E-state index in [-0.39, 0.29) is 0 Å². The van der Waals surface area contributed by atoms with Crippen LogP contribution in [-0.4, -0.2) is 14.2 Å². The molecule has 4 heteroatoms. The molecule has 0 N–H and O–H groups in total. The van der Waals surface area contributed by atoms with Crippen LogP contribution < -0.4 is 4.68 Å². The molecule has 2 aromatic heterocycles. The molecule has 0 amide bonds. The lowest BCUT2D eigenvalue weighted by atomic mass is 9.83. The lowest BCUT2D eigenvalue weighted by molar-refractivity contribution is -0.748. The van der Waals surface area contributed by atoms with E-state index in [2.05, 4.69) is 194 Å². The molecule has 0 aliphatic heterocycles. The quantitative estimate of drug-likeness (QED) is 0.135. The van der Waals surface area contributed by atoms with Crippen molar-refractivity contribution in [1.82, 2.24) is 14.2 Å². The summed E-state index contributed by atoms with van der Waals surface area (Å²) in [5.74, 6) is 1.01. The van der Waals surface area contributed by atoms with E-state index in [1.165, 1.54) is 87.7 Å². The molecule has 0 saturated heterocycles. The summed E-state index contributed by atoms with van der Waals surface area (Å²) >= 11 is 0. The van der Waals surface area contributed by atoms with Gasteiger partial charge >= 0.3 is 0 Å². The third kappa shape index (κ3) is 4.61. The second-order valence-electron chi connectivity index (χ2n) is 14.1. The number of aromatic nitrogens is 4. The van der Waals surface area contributed by atoms with Crippen LogP contribution in [-0.2, 0) is 21.1 Å². The molecule has 0 saturated carbocycles. The van der Waals surface area contributed by atoms with Crippen LogP contribution in [0, 0.1) is 6.92 Å². The fourth-order valence-corrected chi connectivity index (χ4v) is 8.30. The monoisotopic (exact) mass is 669 g/mol. The van der Waals surface area contributed by atoms with Gasteiger partial charge in [-0.15, -0.1) is 4.68 Å². The van der Waals surface area contributed by atoms with Crippen LogP contribution >= 0.6 is 0 Å². The van der Waals surface area contributed by atoms with Gasteiger partial charge in [-0.1, -0.05) is 103 Å². The number of benzene rings is 8. The molecule has 0 fully saturated rings. The van der Waals surface area contributed by atoms with Crippen LogP contribution in [0.15, 0.2) is 152 Å². The summed E-state index contributed by atoms with van der Waals surface area (Å²) < 4.78 is 6.53. The van der Waals surface area contributed by atoms with Gasteiger partial charge in [0.05, 0.1) is 23.5 Å². The van der Waals surface area contributed by atoms with Gasteiger partial charge in [0, 0.05) is 7.05 Å². The summed E-state index contributed by atoms with van der Waals surface area (Å²) in [6, 6.07) is 54.0. The van der Waals surface area contributed by atoms with Crippen molar-refractivity contribution in [3.63, 3.8) is 0 Å². The van der Waals surface area contributed by atoms with Crippen LogP contribution in [0.2, 0.25) is 0 Å². The number of hydrogen-bond acceptors (Lipinski definition) is 1. The summed E-state index contributed by atoms with van der Waals surface area (Å²) in [5.41, 5.74) is 13.1. The van der Waals surface area contributed by atoms with Crippen LogP contribution in [0.5, 0.6) is 0 Å². The standard InChI is InChI=1S/C48H37N4/c1-30-49-45-23-22-35(27-47(45)51(30)3)38-17-11-19-40-43(38)28-42-37(34-20-21-36-29-50(2)52(4)46(36)26-34)16-10-18-39(42)48(40)44-25-33-15-9-8-14-32(33)24-41(44)31-12-6-5-7-13-31/h5-29H,1-4H3/q+1. The van der Waals surface area contributed by atoms with Crippen molar-refractivity contribution in [1.29, 1.82) is 0 Å². The molecule has 2 heterocycles. The second-order valence-corrected chi connectivity index (χ2v) is 14.1. The van der Waals surface area contributed by atoms with Gasteiger partial charge in [0.1, 0.15) is 11.3 Å². The molecular formula is C48H37N4+. The summed E-state index contributed by atoms with van der Waals surface area (Å²) in [7, 11) is 6.32. The molecule has 8 aromatic carbocycles. The third-order valence-electron chi connectivity index (χ3n) is 11.2. The molecule has 0 aliphatic rings. The molecule has 0 unspecified atom stereocenters. The zero-order chi connectivity index (χ0) is 35.1. The average molecular weight is 670 g/mol. The van der Waals surface area contributed by atoms with Crippen molar-refractivity contribution in [2.45, 2.75) is 6.92 Å². The highest BCUT2D eigenvalue weighted by molar-refractivity contribution is 6.21. The molecule has 10 aromatic rings. The first-order chi connectivity index (χ1) is 25.4. The van der Waals surface area contributed by atoms with Crippen molar-refractivity contribution in [2.24, 2.45) is 21.1 Å². The summed E-state index contributed by atoms with van der Waals surface area (Å²) in [6.45, 7) is 2.07. The summed E-state index contributed by atoms with van der Waals surface area (Å²) in [6.07, 6.45) is 2.19. The van der Waals surface area contributed by atoms with Gasteiger partial charge in [0.15, 0.2) is 7.05 Å². The number of nitrogens with zero attached hydrogens (tertiary/aromatic N) is 4. The van der Waals surface area contributed by atoms with E-state index < -0.39 is 0 Å². The summed E-state index contributed by atoms with van der Waals surface area (Å²) in [5, 5.41) is 8.64. The number of rotatable bonds is 4. The molecule has 248 valence electrons. The first kappa shape index (κ1) is 30.3. The highest BCUT2D eigenvalue weighted by Gasteiger charge is 2.20. The fraction of sp³-hybridized carbons (Fsp3) is 0.0833. The lowest BCUT2D eigenvalue weighted by Gasteiger charge is -2.20. The highest BCUT2D eigenvalue weighted by atomic mass is 15.4. The van der Waals surface area contributed by atoms with Crippen molar-refractivity contribution in [2.75, 3.05) is 0 Å². The Hall–Kier alpha value is -6.52. The minimum Gasteiger partial charge on any atom is -0.331 e. The largest absolute Gasteiger partial charge is 0.331 e. The molecular weight excluding hydrogens is 633 g/mol.